The molecular formula is C32H41F3N2O7. The van der Waals surface area contributed by atoms with Crippen LogP contribution in [-0.4, -0.2) is 60.1 Å². The van der Waals surface area contributed by atoms with E-state index in [0.29, 0.717) is 56.2 Å². The molecule has 1 saturated carbocycles. The summed E-state index contributed by atoms with van der Waals surface area (Å²) in [4.78, 5) is 68.0. The monoisotopic (exact) mass is 622 g/mol. The first-order chi connectivity index (χ1) is 20.5. The second-order valence-electron chi connectivity index (χ2n) is 12.4. The van der Waals surface area contributed by atoms with Crippen LogP contribution in [0, 0.1) is 23.2 Å². The Balaban J connectivity index is 1.80. The number of carbonyl (C=O) groups is 5. The molecule has 3 rings (SSSR count). The molecule has 242 valence electrons. The molecular weight excluding hydrogens is 581 g/mol. The summed E-state index contributed by atoms with van der Waals surface area (Å²) >= 11 is 0. The molecule has 0 aliphatic heterocycles. The quantitative estimate of drug-likeness (QED) is 0.203. The lowest BCUT2D eigenvalue weighted by molar-refractivity contribution is -0.224. The number of Topliss-reactive ketones (excluding diaryl/α,β-unsaturated/α-hetero) is 3. The van der Waals surface area contributed by atoms with Crippen molar-refractivity contribution in [3.63, 3.8) is 0 Å². The van der Waals surface area contributed by atoms with Crippen LogP contribution in [0.1, 0.15) is 83.1 Å². The molecule has 2 N–H and O–H groups in total. The highest BCUT2D eigenvalue weighted by Gasteiger charge is 2.54. The number of rotatable bonds is 14. The van der Waals surface area contributed by atoms with E-state index in [-0.39, 0.29) is 36.0 Å². The number of alkyl halides is 3. The fourth-order valence-corrected chi connectivity index (χ4v) is 5.32. The lowest BCUT2D eigenvalue weighted by Crippen LogP contribution is -2.48. The zero-order valence-electron chi connectivity index (χ0n) is 25.8. The normalized spacial score (nSPS) is 17.3. The van der Waals surface area contributed by atoms with Gasteiger partial charge in [0.2, 0.25) is 5.91 Å². The number of methoxy groups -OCH3 is 1. The van der Waals surface area contributed by atoms with Crippen LogP contribution in [0.3, 0.4) is 0 Å². The number of aromatic nitrogens is 1. The minimum Gasteiger partial charge on any atom is -0.496 e. The Morgan fingerprint density at radius 3 is 2.43 bits per heavy atom. The smallest absolute Gasteiger partial charge is 0.404 e. The number of ketones is 3. The fraction of sp³-hybridized carbons (Fsp3) is 0.594. The van der Waals surface area contributed by atoms with Gasteiger partial charge in [0.25, 0.3) is 0 Å². The van der Waals surface area contributed by atoms with Crippen LogP contribution < -0.4 is 10.1 Å². The maximum Gasteiger partial charge on any atom is 0.404 e. The molecule has 0 unspecified atom stereocenters. The maximum atomic E-state index is 13.6. The summed E-state index contributed by atoms with van der Waals surface area (Å²) in [5, 5.41) is 3.35. The molecule has 0 bridgehead atoms. The van der Waals surface area contributed by atoms with Crippen LogP contribution in [-0.2, 0) is 23.9 Å². The number of ether oxygens (including phenoxy) is 2. The van der Waals surface area contributed by atoms with E-state index in [1.54, 1.807) is 24.3 Å². The number of halogens is 3. The van der Waals surface area contributed by atoms with Gasteiger partial charge in [-0.2, -0.15) is 13.2 Å². The average Bonchev–Trinajstić information content (AvgIpc) is 3.40. The molecule has 44 heavy (non-hydrogen) atoms. The van der Waals surface area contributed by atoms with Crippen LogP contribution >= 0.6 is 0 Å². The van der Waals surface area contributed by atoms with Crippen molar-refractivity contribution < 1.29 is 46.6 Å². The Kier molecular flexibility index (Phi) is 11.4. The van der Waals surface area contributed by atoms with Crippen LogP contribution in [0.5, 0.6) is 5.75 Å². The summed E-state index contributed by atoms with van der Waals surface area (Å²) in [6, 6.07) is 5.68. The van der Waals surface area contributed by atoms with Crippen molar-refractivity contribution in [1.82, 2.24) is 10.3 Å². The van der Waals surface area contributed by atoms with Crippen molar-refractivity contribution in [2.75, 3.05) is 13.7 Å². The number of hydrogen-bond donors (Lipinski definition) is 2. The standard InChI is InChI=1S/C32H41F3N2O7/c1-18(2)13-20(15-26(39)24-16-21-22(36-24)10-8-12-28(21)43-5)29(41)37-23(14-19-9-6-7-11-25(19)38)27(40)17-44-30(42)31(3,4)32(33,34)35/h8,10,12,16,18-20,23,36H,6-7,9,11,13-15,17H2,1-5H3,(H,37,41)/t19-,20+,23-/m0/s1. The largest absolute Gasteiger partial charge is 0.496 e. The van der Waals surface area contributed by atoms with Crippen molar-refractivity contribution >= 4 is 40.1 Å². The second-order valence-corrected chi connectivity index (χ2v) is 12.4. The van der Waals surface area contributed by atoms with Gasteiger partial charge in [-0.1, -0.05) is 26.3 Å². The van der Waals surface area contributed by atoms with Gasteiger partial charge in [-0.3, -0.25) is 24.0 Å². The Labute approximate surface area is 254 Å². The van der Waals surface area contributed by atoms with Gasteiger partial charge in [0.1, 0.15) is 11.5 Å². The molecule has 1 heterocycles. The van der Waals surface area contributed by atoms with Gasteiger partial charge in [0, 0.05) is 35.6 Å². The summed E-state index contributed by atoms with van der Waals surface area (Å²) in [7, 11) is 1.52. The first-order valence-electron chi connectivity index (χ1n) is 14.8. The first kappa shape index (κ1) is 34.8. The van der Waals surface area contributed by atoms with Gasteiger partial charge < -0.3 is 19.8 Å². The van der Waals surface area contributed by atoms with Gasteiger partial charge in [0.15, 0.2) is 23.6 Å². The van der Waals surface area contributed by atoms with Crippen molar-refractivity contribution in [3.8, 4) is 5.75 Å². The molecule has 0 radical (unpaired) electrons. The highest BCUT2D eigenvalue weighted by Crippen LogP contribution is 2.38. The van der Waals surface area contributed by atoms with Crippen molar-refractivity contribution in [1.29, 1.82) is 0 Å². The predicted molar refractivity (Wildman–Crippen MR) is 156 cm³/mol. The van der Waals surface area contributed by atoms with Crippen molar-refractivity contribution in [2.45, 2.75) is 84.9 Å². The number of H-pyrrole nitrogens is 1. The number of esters is 1. The Hall–Kier alpha value is -3.70. The molecule has 1 amide bonds. The zero-order valence-corrected chi connectivity index (χ0v) is 25.8. The summed E-state index contributed by atoms with van der Waals surface area (Å²) in [6.07, 6.45) is -2.57. The van der Waals surface area contributed by atoms with Crippen molar-refractivity contribution in [2.24, 2.45) is 23.2 Å². The molecule has 12 heteroatoms. The van der Waals surface area contributed by atoms with Crippen LogP contribution in [0.25, 0.3) is 10.9 Å². The topological polar surface area (TPSA) is 132 Å². The first-order valence-corrected chi connectivity index (χ1v) is 14.8. The van der Waals surface area contributed by atoms with Gasteiger partial charge >= 0.3 is 12.1 Å². The highest BCUT2D eigenvalue weighted by atomic mass is 19.4. The van der Waals surface area contributed by atoms with Crippen LogP contribution in [0.15, 0.2) is 24.3 Å². The van der Waals surface area contributed by atoms with E-state index in [4.69, 9.17) is 9.47 Å². The lowest BCUT2D eigenvalue weighted by atomic mass is 9.82. The summed E-state index contributed by atoms with van der Waals surface area (Å²) < 4.78 is 50.0. The van der Waals surface area contributed by atoms with E-state index >= 15 is 0 Å². The van der Waals surface area contributed by atoms with E-state index < -0.39 is 53.7 Å². The molecule has 1 aliphatic rings. The minimum atomic E-state index is -4.90. The summed E-state index contributed by atoms with van der Waals surface area (Å²) in [5.74, 6) is -4.28. The minimum absolute atomic E-state index is 0.000914. The molecule has 1 aromatic carbocycles. The molecule has 2 aromatic rings. The maximum absolute atomic E-state index is 13.6. The number of aromatic amines is 1. The summed E-state index contributed by atoms with van der Waals surface area (Å²) in [6.45, 7) is 4.05. The number of carbonyl (C=O) groups excluding carboxylic acids is 5. The molecule has 3 atom stereocenters. The fourth-order valence-electron chi connectivity index (χ4n) is 5.32. The van der Waals surface area contributed by atoms with Gasteiger partial charge in [-0.15, -0.1) is 0 Å². The summed E-state index contributed by atoms with van der Waals surface area (Å²) in [5.41, 5.74) is -1.88. The highest BCUT2D eigenvalue weighted by molar-refractivity contribution is 6.02. The second kappa shape index (κ2) is 14.4. The van der Waals surface area contributed by atoms with E-state index in [1.807, 2.05) is 13.8 Å². The van der Waals surface area contributed by atoms with Gasteiger partial charge in [-0.25, -0.2) is 0 Å². The van der Waals surface area contributed by atoms with E-state index in [9.17, 15) is 37.1 Å². The predicted octanol–water partition coefficient (Wildman–Crippen LogP) is 5.75. The molecule has 1 aliphatic carbocycles. The van der Waals surface area contributed by atoms with E-state index in [1.165, 1.54) is 7.11 Å². The third kappa shape index (κ3) is 8.47. The molecule has 1 fully saturated rings. The molecule has 0 spiro atoms. The lowest BCUT2D eigenvalue weighted by Gasteiger charge is -2.28. The number of fused-ring (bicyclic) bond motifs is 1. The molecule has 9 nitrogen and oxygen atoms in total. The van der Waals surface area contributed by atoms with Gasteiger partial charge in [-0.05, 0) is 63.6 Å². The molecule has 1 aromatic heterocycles. The third-order valence-corrected chi connectivity index (χ3v) is 8.17. The Morgan fingerprint density at radius 2 is 1.82 bits per heavy atom. The number of hydrogen-bond acceptors (Lipinski definition) is 7. The van der Waals surface area contributed by atoms with Crippen LogP contribution in [0.4, 0.5) is 13.2 Å². The van der Waals surface area contributed by atoms with E-state index in [2.05, 4.69) is 10.3 Å². The van der Waals surface area contributed by atoms with Gasteiger partial charge in [0.05, 0.1) is 18.8 Å². The Bertz CT molecular complexity index is 1380. The van der Waals surface area contributed by atoms with Crippen LogP contribution in [0.2, 0.25) is 0 Å². The van der Waals surface area contributed by atoms with E-state index in [0.717, 1.165) is 6.42 Å². The number of amides is 1. The molecule has 0 saturated heterocycles. The third-order valence-electron chi connectivity index (χ3n) is 8.17. The SMILES string of the molecule is COc1cccc2[nH]c(C(=O)C[C@@H](CC(C)C)C(=O)N[C@@H](C[C@@H]3CCCCC3=O)C(=O)COC(=O)C(C)(C)C(F)(F)F)cc12. The zero-order chi connectivity index (χ0) is 32.8. The Morgan fingerprint density at radius 1 is 1.11 bits per heavy atom. The van der Waals surface area contributed by atoms with Crippen molar-refractivity contribution in [3.05, 3.63) is 30.0 Å². The average molecular weight is 623 g/mol. The number of benzene rings is 1. The number of nitrogens with one attached hydrogen (secondary N) is 2.